The zero-order valence-electron chi connectivity index (χ0n) is 10.5. The van der Waals surface area contributed by atoms with Crippen LogP contribution in [0.25, 0.3) is 0 Å². The summed E-state index contributed by atoms with van der Waals surface area (Å²) >= 11 is 2.35. The first-order valence-corrected chi connectivity index (χ1v) is 9.07. The number of aromatic carboxylic acids is 1. The van der Waals surface area contributed by atoms with Crippen molar-refractivity contribution in [3.05, 3.63) is 38.9 Å². The van der Waals surface area contributed by atoms with Crippen molar-refractivity contribution in [3.8, 4) is 0 Å². The van der Waals surface area contributed by atoms with E-state index in [0.717, 1.165) is 9.75 Å². The van der Waals surface area contributed by atoms with Crippen molar-refractivity contribution in [1.29, 1.82) is 0 Å². The summed E-state index contributed by atoms with van der Waals surface area (Å²) < 4.78 is 28.4. The second kappa shape index (κ2) is 6.04. The summed E-state index contributed by atoms with van der Waals surface area (Å²) in [5.74, 6) is -0.947. The summed E-state index contributed by atoms with van der Waals surface area (Å²) in [6.45, 7) is 0.616. The minimum Gasteiger partial charge on any atom is -0.477 e. The number of hydrogen-bond donors (Lipinski definition) is 1. The van der Waals surface area contributed by atoms with Gasteiger partial charge in [0.05, 0.1) is 13.2 Å². The van der Waals surface area contributed by atoms with E-state index in [0.29, 0.717) is 17.4 Å². The van der Waals surface area contributed by atoms with Gasteiger partial charge in [-0.25, -0.2) is 13.2 Å². The number of rotatable bonds is 6. The molecule has 2 heterocycles. The van der Waals surface area contributed by atoms with Gasteiger partial charge in [-0.15, -0.1) is 22.7 Å². The molecular formula is C12H12O5S3. The monoisotopic (exact) mass is 332 g/mol. The number of carboxylic acids is 1. The number of thiophene rings is 2. The van der Waals surface area contributed by atoms with Gasteiger partial charge in [-0.05, 0) is 24.3 Å². The number of ether oxygens (including phenoxy) is 1. The number of carbonyl (C=O) groups is 1. The van der Waals surface area contributed by atoms with Crippen LogP contribution in [0.3, 0.4) is 0 Å². The Morgan fingerprint density at radius 3 is 2.25 bits per heavy atom. The lowest BCUT2D eigenvalue weighted by atomic mass is 10.4. The van der Waals surface area contributed by atoms with Crippen LogP contribution in [0, 0.1) is 0 Å². The Hall–Kier alpha value is -1.22. The zero-order chi connectivity index (χ0) is 14.8. The predicted octanol–water partition coefficient (Wildman–Crippen LogP) is 2.63. The van der Waals surface area contributed by atoms with E-state index in [1.54, 1.807) is 24.3 Å². The number of hydrogen-bond acceptors (Lipinski definition) is 6. The van der Waals surface area contributed by atoms with Crippen LogP contribution in [-0.4, -0.2) is 25.7 Å². The van der Waals surface area contributed by atoms with E-state index >= 15 is 0 Å². The van der Waals surface area contributed by atoms with Crippen LogP contribution in [0.1, 0.15) is 19.4 Å². The minimum atomic E-state index is -3.17. The molecule has 2 rings (SSSR count). The molecule has 0 saturated carbocycles. The van der Waals surface area contributed by atoms with Crippen LogP contribution >= 0.6 is 22.7 Å². The van der Waals surface area contributed by atoms with Crippen LogP contribution in [0.5, 0.6) is 0 Å². The van der Waals surface area contributed by atoms with Gasteiger partial charge in [0.25, 0.3) is 0 Å². The molecule has 0 fully saturated rings. The van der Waals surface area contributed by atoms with E-state index in [-0.39, 0.29) is 4.88 Å². The molecular weight excluding hydrogens is 320 g/mol. The molecule has 5 nitrogen and oxygen atoms in total. The molecule has 0 amide bonds. The summed E-state index contributed by atoms with van der Waals surface area (Å²) in [5, 5.41) is 8.79. The van der Waals surface area contributed by atoms with Crippen LogP contribution in [0.15, 0.2) is 28.5 Å². The third-order valence-electron chi connectivity index (χ3n) is 2.36. The molecule has 0 aromatic carbocycles. The van der Waals surface area contributed by atoms with Crippen molar-refractivity contribution in [2.24, 2.45) is 0 Å². The molecule has 0 unspecified atom stereocenters. The highest BCUT2D eigenvalue weighted by Crippen LogP contribution is 2.23. The van der Waals surface area contributed by atoms with E-state index in [4.69, 9.17) is 9.84 Å². The molecule has 0 saturated heterocycles. The van der Waals surface area contributed by atoms with E-state index in [1.807, 2.05) is 0 Å². The van der Waals surface area contributed by atoms with E-state index in [2.05, 4.69) is 0 Å². The summed E-state index contributed by atoms with van der Waals surface area (Å²) in [4.78, 5) is 12.6. The molecule has 2 aromatic heterocycles. The third-order valence-corrected chi connectivity index (χ3v) is 6.29. The van der Waals surface area contributed by atoms with E-state index < -0.39 is 15.8 Å². The second-order valence-corrected chi connectivity index (χ2v) is 8.64. The molecule has 0 aliphatic heterocycles. The molecule has 1 N–H and O–H groups in total. The van der Waals surface area contributed by atoms with Crippen molar-refractivity contribution < 1.29 is 23.1 Å². The van der Waals surface area contributed by atoms with Crippen molar-refractivity contribution in [3.63, 3.8) is 0 Å². The molecule has 0 atom stereocenters. The molecule has 108 valence electrons. The van der Waals surface area contributed by atoms with Crippen LogP contribution < -0.4 is 0 Å². The van der Waals surface area contributed by atoms with Gasteiger partial charge in [-0.1, -0.05) is 0 Å². The topological polar surface area (TPSA) is 80.7 Å². The Balaban J connectivity index is 1.89. The van der Waals surface area contributed by atoms with Crippen molar-refractivity contribution in [2.75, 3.05) is 6.26 Å². The summed E-state index contributed by atoms with van der Waals surface area (Å²) in [5.41, 5.74) is 0. The SMILES string of the molecule is CS(=O)(=O)c1ccc(COCc2ccc(C(=O)O)s2)s1. The highest BCUT2D eigenvalue weighted by Gasteiger charge is 2.11. The summed E-state index contributed by atoms with van der Waals surface area (Å²) in [7, 11) is -3.17. The third kappa shape index (κ3) is 3.89. The highest BCUT2D eigenvalue weighted by molar-refractivity contribution is 7.92. The quantitative estimate of drug-likeness (QED) is 0.879. The van der Waals surface area contributed by atoms with Gasteiger partial charge in [0.15, 0.2) is 9.84 Å². The Kier molecular flexibility index (Phi) is 4.59. The highest BCUT2D eigenvalue weighted by atomic mass is 32.2. The average Bonchev–Trinajstić information content (AvgIpc) is 2.96. The fraction of sp³-hybridized carbons (Fsp3) is 0.250. The molecule has 0 spiro atoms. The maximum atomic E-state index is 11.3. The van der Waals surface area contributed by atoms with Crippen molar-refractivity contribution in [1.82, 2.24) is 0 Å². The van der Waals surface area contributed by atoms with Gasteiger partial charge in [0.1, 0.15) is 9.09 Å². The van der Waals surface area contributed by atoms with Crippen molar-refractivity contribution in [2.45, 2.75) is 17.4 Å². The van der Waals surface area contributed by atoms with Gasteiger partial charge in [-0.3, -0.25) is 0 Å². The van der Waals surface area contributed by atoms with Crippen LogP contribution in [-0.2, 0) is 27.8 Å². The molecule has 0 aliphatic rings. The maximum absolute atomic E-state index is 11.3. The molecule has 2 aromatic rings. The number of carboxylic acid groups (broad SMARTS) is 1. The Labute approximate surface area is 124 Å². The maximum Gasteiger partial charge on any atom is 0.345 e. The van der Waals surface area contributed by atoms with E-state index in [1.165, 1.54) is 28.9 Å². The minimum absolute atomic E-state index is 0.277. The zero-order valence-corrected chi connectivity index (χ0v) is 13.0. The molecule has 0 aliphatic carbocycles. The van der Waals surface area contributed by atoms with Gasteiger partial charge in [0, 0.05) is 16.0 Å². The molecule has 0 radical (unpaired) electrons. The first-order chi connectivity index (χ1) is 9.36. The lowest BCUT2D eigenvalue weighted by Gasteiger charge is -1.99. The van der Waals surface area contributed by atoms with Crippen molar-refractivity contribution >= 4 is 38.5 Å². The predicted molar refractivity (Wildman–Crippen MR) is 77.2 cm³/mol. The van der Waals surface area contributed by atoms with Gasteiger partial charge in [-0.2, -0.15) is 0 Å². The Morgan fingerprint density at radius 1 is 1.15 bits per heavy atom. The fourth-order valence-electron chi connectivity index (χ4n) is 1.46. The van der Waals surface area contributed by atoms with Crippen LogP contribution in [0.2, 0.25) is 0 Å². The standard InChI is InChI=1S/C12H12O5S3/c1-20(15,16)11-5-3-9(19-11)7-17-6-8-2-4-10(18-8)12(13)14/h2-5H,6-7H2,1H3,(H,13,14). The Bertz CT molecular complexity index is 711. The molecule has 20 heavy (non-hydrogen) atoms. The first-order valence-electron chi connectivity index (χ1n) is 5.55. The average molecular weight is 332 g/mol. The number of sulfone groups is 1. The molecule has 8 heteroatoms. The summed E-state index contributed by atoms with van der Waals surface area (Å²) in [6.07, 6.45) is 1.17. The largest absolute Gasteiger partial charge is 0.477 e. The second-order valence-electron chi connectivity index (χ2n) is 4.06. The lowest BCUT2D eigenvalue weighted by Crippen LogP contribution is -1.92. The van der Waals surface area contributed by atoms with Gasteiger partial charge < -0.3 is 9.84 Å². The van der Waals surface area contributed by atoms with Gasteiger partial charge >= 0.3 is 5.97 Å². The van der Waals surface area contributed by atoms with Crippen LogP contribution in [0.4, 0.5) is 0 Å². The normalized spacial score (nSPS) is 11.7. The lowest BCUT2D eigenvalue weighted by molar-refractivity contribution is 0.0702. The fourth-order valence-corrected chi connectivity index (χ4v) is 4.16. The molecule has 0 bridgehead atoms. The first kappa shape index (κ1) is 15.2. The van der Waals surface area contributed by atoms with E-state index in [9.17, 15) is 13.2 Å². The summed E-state index contributed by atoms with van der Waals surface area (Å²) in [6, 6.07) is 6.54. The Morgan fingerprint density at radius 2 is 1.75 bits per heavy atom. The smallest absolute Gasteiger partial charge is 0.345 e. The van der Waals surface area contributed by atoms with Gasteiger partial charge in [0.2, 0.25) is 0 Å².